The SMILES string of the molecule is Nc1cccc(/C=C/CN2CCN(C3c4ccccc4CCc4ccc([N+](=O)[O-])cc43)CC2)c1. The maximum absolute atomic E-state index is 11.5. The van der Waals surface area contributed by atoms with E-state index in [0.29, 0.717) is 0 Å². The van der Waals surface area contributed by atoms with Crippen LogP contribution in [0.4, 0.5) is 11.4 Å². The van der Waals surface area contributed by atoms with Crippen LogP contribution < -0.4 is 5.73 Å². The van der Waals surface area contributed by atoms with Crippen molar-refractivity contribution in [2.45, 2.75) is 18.9 Å². The molecule has 34 heavy (non-hydrogen) atoms. The highest BCUT2D eigenvalue weighted by molar-refractivity contribution is 5.55. The van der Waals surface area contributed by atoms with Crippen molar-refractivity contribution < 1.29 is 4.92 Å². The van der Waals surface area contributed by atoms with Gasteiger partial charge in [-0.15, -0.1) is 0 Å². The van der Waals surface area contributed by atoms with Crippen LogP contribution in [0.1, 0.15) is 33.9 Å². The summed E-state index contributed by atoms with van der Waals surface area (Å²) < 4.78 is 0. The van der Waals surface area contributed by atoms with Gasteiger partial charge in [0, 0.05) is 50.5 Å². The fourth-order valence-electron chi connectivity index (χ4n) is 5.24. The molecule has 0 amide bonds. The van der Waals surface area contributed by atoms with Crippen LogP contribution in [0.2, 0.25) is 0 Å². The van der Waals surface area contributed by atoms with Crippen molar-refractivity contribution in [1.82, 2.24) is 9.80 Å². The summed E-state index contributed by atoms with van der Waals surface area (Å²) in [6.07, 6.45) is 6.20. The van der Waals surface area contributed by atoms with Crippen molar-refractivity contribution in [2.24, 2.45) is 0 Å². The zero-order valence-corrected chi connectivity index (χ0v) is 19.3. The number of hydrogen-bond acceptors (Lipinski definition) is 5. The second-order valence-corrected chi connectivity index (χ2v) is 9.15. The highest BCUT2D eigenvalue weighted by Crippen LogP contribution is 2.38. The number of nitro groups is 1. The van der Waals surface area contributed by atoms with Gasteiger partial charge in [0.15, 0.2) is 0 Å². The molecule has 3 aromatic rings. The van der Waals surface area contributed by atoms with E-state index < -0.39 is 0 Å². The molecule has 0 radical (unpaired) electrons. The zero-order chi connectivity index (χ0) is 23.5. The molecule has 1 fully saturated rings. The summed E-state index contributed by atoms with van der Waals surface area (Å²) in [6, 6.07) is 22.0. The van der Waals surface area contributed by atoms with Crippen LogP contribution in [0.15, 0.2) is 72.8 Å². The molecular weight excluding hydrogens is 424 g/mol. The molecule has 1 heterocycles. The third-order valence-corrected chi connectivity index (χ3v) is 7.00. The number of piperazine rings is 1. The molecule has 6 heteroatoms. The number of hydrogen-bond donors (Lipinski definition) is 1. The Hall–Kier alpha value is -3.48. The average Bonchev–Trinajstić information content (AvgIpc) is 3.01. The number of aryl methyl sites for hydroxylation is 2. The van der Waals surface area contributed by atoms with Crippen molar-refractivity contribution in [3.63, 3.8) is 0 Å². The molecule has 0 saturated carbocycles. The molecule has 1 unspecified atom stereocenters. The van der Waals surface area contributed by atoms with E-state index in [9.17, 15) is 10.1 Å². The monoisotopic (exact) mass is 454 g/mol. The van der Waals surface area contributed by atoms with Gasteiger partial charge < -0.3 is 5.73 Å². The van der Waals surface area contributed by atoms with Gasteiger partial charge in [-0.2, -0.15) is 0 Å². The minimum absolute atomic E-state index is 0.0542. The molecule has 174 valence electrons. The van der Waals surface area contributed by atoms with E-state index in [1.807, 2.05) is 30.3 Å². The van der Waals surface area contributed by atoms with Crippen LogP contribution in [-0.4, -0.2) is 47.4 Å². The lowest BCUT2D eigenvalue weighted by molar-refractivity contribution is -0.385. The topological polar surface area (TPSA) is 75.6 Å². The van der Waals surface area contributed by atoms with Crippen LogP contribution in [-0.2, 0) is 12.8 Å². The maximum Gasteiger partial charge on any atom is 0.269 e. The molecule has 1 aliphatic carbocycles. The molecule has 2 aliphatic rings. The summed E-state index contributed by atoms with van der Waals surface area (Å²) in [7, 11) is 0. The molecule has 2 N–H and O–H groups in total. The van der Waals surface area contributed by atoms with E-state index in [1.165, 1.54) is 16.7 Å². The first kappa shape index (κ1) is 22.3. The van der Waals surface area contributed by atoms with Crippen molar-refractivity contribution in [3.05, 3.63) is 111 Å². The first-order valence-electron chi connectivity index (χ1n) is 11.9. The molecule has 6 nitrogen and oxygen atoms in total. The lowest BCUT2D eigenvalue weighted by atomic mass is 9.92. The number of rotatable bonds is 5. The number of nitrogens with zero attached hydrogens (tertiary/aromatic N) is 3. The molecule has 3 aromatic carbocycles. The van der Waals surface area contributed by atoms with Crippen molar-refractivity contribution in [1.29, 1.82) is 0 Å². The van der Waals surface area contributed by atoms with Crippen molar-refractivity contribution in [2.75, 3.05) is 38.5 Å². The second-order valence-electron chi connectivity index (χ2n) is 9.15. The zero-order valence-electron chi connectivity index (χ0n) is 19.3. The summed E-state index contributed by atoms with van der Waals surface area (Å²) in [4.78, 5) is 16.2. The normalized spacial score (nSPS) is 18.9. The molecule has 0 aromatic heterocycles. The Morgan fingerprint density at radius 1 is 0.912 bits per heavy atom. The first-order valence-corrected chi connectivity index (χ1v) is 11.9. The van der Waals surface area contributed by atoms with Gasteiger partial charge in [0.25, 0.3) is 5.69 Å². The lowest BCUT2D eigenvalue weighted by Crippen LogP contribution is -2.47. The highest BCUT2D eigenvalue weighted by atomic mass is 16.6. The van der Waals surface area contributed by atoms with Gasteiger partial charge in [-0.25, -0.2) is 0 Å². The van der Waals surface area contributed by atoms with Crippen molar-refractivity contribution in [3.8, 4) is 0 Å². The quantitative estimate of drug-likeness (QED) is 0.344. The molecular formula is C28H30N4O2. The molecule has 1 aliphatic heterocycles. The summed E-state index contributed by atoms with van der Waals surface area (Å²) in [5.41, 5.74) is 12.9. The number of nitrogens with two attached hydrogens (primary N) is 1. The Kier molecular flexibility index (Phi) is 6.43. The minimum atomic E-state index is -0.279. The van der Waals surface area contributed by atoms with E-state index in [0.717, 1.165) is 62.4 Å². The standard InChI is InChI=1S/C28H30N4O2/c29-24-8-3-5-21(19-24)6-4-14-30-15-17-31(18-16-30)28-26-9-2-1-7-22(26)10-11-23-12-13-25(32(33)34)20-27(23)28/h1-9,12-13,19-20,28H,10-11,14-18,29H2/b6-4+. The molecule has 0 bridgehead atoms. The molecule has 0 spiro atoms. The largest absolute Gasteiger partial charge is 0.399 e. The third kappa shape index (κ3) is 4.74. The number of nitro benzene ring substituents is 1. The van der Waals surface area contributed by atoms with E-state index in [4.69, 9.17) is 5.73 Å². The highest BCUT2D eigenvalue weighted by Gasteiger charge is 2.31. The van der Waals surface area contributed by atoms with Crippen LogP contribution in [0.25, 0.3) is 6.08 Å². The van der Waals surface area contributed by atoms with Gasteiger partial charge in [0.2, 0.25) is 0 Å². The summed E-state index contributed by atoms with van der Waals surface area (Å²) >= 11 is 0. The van der Waals surface area contributed by atoms with Gasteiger partial charge in [-0.05, 0) is 52.8 Å². The second kappa shape index (κ2) is 9.79. The van der Waals surface area contributed by atoms with Crippen molar-refractivity contribution >= 4 is 17.5 Å². The number of non-ortho nitro benzene ring substituents is 1. The van der Waals surface area contributed by atoms with E-state index in [2.05, 4.69) is 52.3 Å². The fraction of sp³-hybridized carbons (Fsp3) is 0.286. The van der Waals surface area contributed by atoms with E-state index >= 15 is 0 Å². The van der Waals surface area contributed by atoms with Gasteiger partial charge in [-0.1, -0.05) is 54.6 Å². The number of benzene rings is 3. The van der Waals surface area contributed by atoms with E-state index in [1.54, 1.807) is 6.07 Å². The minimum Gasteiger partial charge on any atom is -0.399 e. The average molecular weight is 455 g/mol. The Bertz CT molecular complexity index is 1210. The number of nitrogen functional groups attached to an aromatic ring is 1. The Morgan fingerprint density at radius 2 is 1.68 bits per heavy atom. The van der Waals surface area contributed by atoms with E-state index in [-0.39, 0.29) is 16.7 Å². The Morgan fingerprint density at radius 3 is 2.44 bits per heavy atom. The van der Waals surface area contributed by atoms with Gasteiger partial charge in [-0.3, -0.25) is 19.9 Å². The number of fused-ring (bicyclic) bond motifs is 2. The smallest absolute Gasteiger partial charge is 0.269 e. The first-order chi connectivity index (χ1) is 16.6. The predicted octanol–water partition coefficient (Wildman–Crippen LogP) is 4.70. The van der Waals surface area contributed by atoms with Crippen LogP contribution in [0.3, 0.4) is 0 Å². The summed E-state index contributed by atoms with van der Waals surface area (Å²) in [6.45, 7) is 4.67. The third-order valence-electron chi connectivity index (χ3n) is 7.00. The van der Waals surface area contributed by atoms with Crippen LogP contribution in [0.5, 0.6) is 0 Å². The molecule has 1 atom stereocenters. The molecule has 5 rings (SSSR count). The van der Waals surface area contributed by atoms with Gasteiger partial charge in [0.05, 0.1) is 11.0 Å². The molecule has 1 saturated heterocycles. The van der Waals surface area contributed by atoms with Crippen LogP contribution in [0, 0.1) is 10.1 Å². The number of anilines is 1. The summed E-state index contributed by atoms with van der Waals surface area (Å²) in [5.74, 6) is 0. The Labute approximate surface area is 200 Å². The predicted molar refractivity (Wildman–Crippen MR) is 137 cm³/mol. The summed E-state index contributed by atoms with van der Waals surface area (Å²) in [5, 5.41) is 11.5. The maximum atomic E-state index is 11.5. The van der Waals surface area contributed by atoms with Gasteiger partial charge >= 0.3 is 0 Å². The fourth-order valence-corrected chi connectivity index (χ4v) is 5.24. The Balaban J connectivity index is 1.35. The lowest BCUT2D eigenvalue weighted by Gasteiger charge is -2.40. The van der Waals surface area contributed by atoms with Gasteiger partial charge in [0.1, 0.15) is 0 Å². The van der Waals surface area contributed by atoms with Crippen LogP contribution >= 0.6 is 0 Å².